The molecule has 1 amide bonds. The van der Waals surface area contributed by atoms with Crippen LogP contribution in [-0.2, 0) is 6.54 Å². The second kappa shape index (κ2) is 7.40. The predicted octanol–water partition coefficient (Wildman–Crippen LogP) is 2.56. The summed E-state index contributed by atoms with van der Waals surface area (Å²) in [6.45, 7) is 2.69. The molecule has 0 bridgehead atoms. The van der Waals surface area contributed by atoms with Crippen LogP contribution < -0.4 is 14.8 Å². The molecule has 5 nitrogen and oxygen atoms in total. The summed E-state index contributed by atoms with van der Waals surface area (Å²) in [5, 5.41) is 2.72. The summed E-state index contributed by atoms with van der Waals surface area (Å²) in [4.78, 5) is 16.1. The molecule has 0 saturated carbocycles. The molecular formula is C16H17FN2O3. The minimum absolute atomic E-state index is 0.104. The molecule has 0 radical (unpaired) electrons. The number of rotatable bonds is 6. The van der Waals surface area contributed by atoms with Crippen LogP contribution in [0.5, 0.6) is 11.6 Å². The van der Waals surface area contributed by atoms with E-state index < -0.39 is 5.82 Å². The number of benzene rings is 1. The van der Waals surface area contributed by atoms with Gasteiger partial charge in [0.2, 0.25) is 5.88 Å². The summed E-state index contributed by atoms with van der Waals surface area (Å²) in [6, 6.07) is 7.60. The molecule has 22 heavy (non-hydrogen) atoms. The zero-order chi connectivity index (χ0) is 15.9. The third kappa shape index (κ3) is 3.94. The van der Waals surface area contributed by atoms with E-state index in [1.165, 1.54) is 19.2 Å². The molecule has 0 unspecified atom stereocenters. The van der Waals surface area contributed by atoms with Crippen LogP contribution in [-0.4, -0.2) is 24.6 Å². The molecule has 6 heteroatoms. The Bertz CT molecular complexity index is 662. The summed E-state index contributed by atoms with van der Waals surface area (Å²) >= 11 is 0. The minimum atomic E-state index is -0.572. The fraction of sp³-hybridized carbons (Fsp3) is 0.250. The molecule has 116 valence electrons. The SMILES string of the molecule is CCOc1cc(CNC(=O)c2ccc(OC)c(F)c2)ccn1. The van der Waals surface area contributed by atoms with Gasteiger partial charge < -0.3 is 14.8 Å². The van der Waals surface area contributed by atoms with Crippen LogP contribution in [0.15, 0.2) is 36.5 Å². The molecule has 0 aliphatic heterocycles. The first-order chi connectivity index (χ1) is 10.6. The van der Waals surface area contributed by atoms with Gasteiger partial charge in [-0.1, -0.05) is 0 Å². The third-order valence-electron chi connectivity index (χ3n) is 2.96. The second-order valence-electron chi connectivity index (χ2n) is 4.47. The van der Waals surface area contributed by atoms with Gasteiger partial charge in [-0.25, -0.2) is 9.37 Å². The van der Waals surface area contributed by atoms with Gasteiger partial charge in [0.25, 0.3) is 5.91 Å². The number of nitrogens with one attached hydrogen (secondary N) is 1. The van der Waals surface area contributed by atoms with Gasteiger partial charge in [0, 0.05) is 24.4 Å². The van der Waals surface area contributed by atoms with Crippen molar-refractivity contribution < 1.29 is 18.7 Å². The molecule has 0 saturated heterocycles. The molecule has 1 heterocycles. The van der Waals surface area contributed by atoms with Crippen molar-refractivity contribution in [3.63, 3.8) is 0 Å². The van der Waals surface area contributed by atoms with Crippen LogP contribution in [0, 0.1) is 5.82 Å². The number of ether oxygens (including phenoxy) is 2. The first-order valence-electron chi connectivity index (χ1n) is 6.83. The van der Waals surface area contributed by atoms with Crippen LogP contribution in [0.25, 0.3) is 0 Å². The number of carbonyl (C=O) groups excluding carboxylic acids is 1. The standard InChI is InChI=1S/C16H17FN2O3/c1-3-22-15-8-11(6-7-18-15)10-19-16(20)12-4-5-14(21-2)13(17)9-12/h4-9H,3,10H2,1-2H3,(H,19,20). The Morgan fingerprint density at radius 2 is 2.14 bits per heavy atom. The molecule has 2 rings (SSSR count). The Kier molecular flexibility index (Phi) is 5.30. The van der Waals surface area contributed by atoms with E-state index in [1.54, 1.807) is 18.3 Å². The highest BCUT2D eigenvalue weighted by molar-refractivity contribution is 5.94. The fourth-order valence-corrected chi connectivity index (χ4v) is 1.88. The first-order valence-corrected chi connectivity index (χ1v) is 6.83. The minimum Gasteiger partial charge on any atom is -0.494 e. The maximum absolute atomic E-state index is 13.6. The maximum atomic E-state index is 13.6. The third-order valence-corrected chi connectivity index (χ3v) is 2.96. The van der Waals surface area contributed by atoms with Gasteiger partial charge in [0.05, 0.1) is 13.7 Å². The number of methoxy groups -OCH3 is 1. The van der Waals surface area contributed by atoms with Gasteiger partial charge in [-0.3, -0.25) is 4.79 Å². The lowest BCUT2D eigenvalue weighted by atomic mass is 10.2. The quantitative estimate of drug-likeness (QED) is 0.891. The Hall–Kier alpha value is -2.63. The smallest absolute Gasteiger partial charge is 0.251 e. The molecule has 0 spiro atoms. The lowest BCUT2D eigenvalue weighted by molar-refractivity contribution is 0.0950. The number of hydrogen-bond acceptors (Lipinski definition) is 4. The summed E-state index contributed by atoms with van der Waals surface area (Å²) in [7, 11) is 1.37. The molecule has 1 N–H and O–H groups in total. The number of hydrogen-bond donors (Lipinski definition) is 1. The van der Waals surface area contributed by atoms with Crippen molar-refractivity contribution in [1.29, 1.82) is 0 Å². The highest BCUT2D eigenvalue weighted by Crippen LogP contribution is 2.17. The molecule has 1 aromatic heterocycles. The summed E-state index contributed by atoms with van der Waals surface area (Å²) in [5.74, 6) is -0.328. The number of pyridine rings is 1. The first kappa shape index (κ1) is 15.8. The van der Waals surface area contributed by atoms with E-state index in [2.05, 4.69) is 10.3 Å². The van der Waals surface area contributed by atoms with E-state index in [9.17, 15) is 9.18 Å². The summed E-state index contributed by atoms with van der Waals surface area (Å²) < 4.78 is 23.7. The highest BCUT2D eigenvalue weighted by Gasteiger charge is 2.10. The normalized spacial score (nSPS) is 10.1. The molecule has 0 fully saturated rings. The monoisotopic (exact) mass is 304 g/mol. The number of halogens is 1. The van der Waals surface area contributed by atoms with E-state index in [-0.39, 0.29) is 17.2 Å². The highest BCUT2D eigenvalue weighted by atomic mass is 19.1. The van der Waals surface area contributed by atoms with Gasteiger partial charge in [-0.15, -0.1) is 0 Å². The summed E-state index contributed by atoms with van der Waals surface area (Å²) in [6.07, 6.45) is 1.61. The lowest BCUT2D eigenvalue weighted by Crippen LogP contribution is -2.23. The van der Waals surface area contributed by atoms with Crippen LogP contribution in [0.4, 0.5) is 4.39 Å². The molecule has 1 aromatic carbocycles. The molecule has 0 aliphatic carbocycles. The number of nitrogens with zero attached hydrogens (tertiary/aromatic N) is 1. The zero-order valence-electron chi connectivity index (χ0n) is 12.4. The van der Waals surface area contributed by atoms with Crippen molar-refractivity contribution in [3.05, 3.63) is 53.5 Å². The van der Waals surface area contributed by atoms with Crippen LogP contribution in [0.3, 0.4) is 0 Å². The number of carbonyl (C=O) groups is 1. The topological polar surface area (TPSA) is 60.5 Å². The molecule has 0 atom stereocenters. The van der Waals surface area contributed by atoms with E-state index in [0.29, 0.717) is 19.0 Å². The molecule has 0 aliphatic rings. The van der Waals surface area contributed by atoms with E-state index in [0.717, 1.165) is 11.6 Å². The largest absolute Gasteiger partial charge is 0.494 e. The predicted molar refractivity (Wildman–Crippen MR) is 79.5 cm³/mol. The van der Waals surface area contributed by atoms with Crippen molar-refractivity contribution in [2.75, 3.05) is 13.7 Å². The van der Waals surface area contributed by atoms with Crippen LogP contribution >= 0.6 is 0 Å². The Morgan fingerprint density at radius 3 is 2.82 bits per heavy atom. The van der Waals surface area contributed by atoms with Crippen LogP contribution in [0.1, 0.15) is 22.8 Å². The van der Waals surface area contributed by atoms with Gasteiger partial charge in [-0.05, 0) is 36.8 Å². The second-order valence-corrected chi connectivity index (χ2v) is 4.47. The van der Waals surface area contributed by atoms with Crippen molar-refractivity contribution in [2.24, 2.45) is 0 Å². The average molecular weight is 304 g/mol. The number of aromatic nitrogens is 1. The Labute approximate surface area is 128 Å². The van der Waals surface area contributed by atoms with Gasteiger partial charge >= 0.3 is 0 Å². The van der Waals surface area contributed by atoms with E-state index in [4.69, 9.17) is 9.47 Å². The molecule has 2 aromatic rings. The van der Waals surface area contributed by atoms with Crippen molar-refractivity contribution >= 4 is 5.91 Å². The van der Waals surface area contributed by atoms with Crippen molar-refractivity contribution in [2.45, 2.75) is 13.5 Å². The van der Waals surface area contributed by atoms with Crippen LogP contribution in [0.2, 0.25) is 0 Å². The maximum Gasteiger partial charge on any atom is 0.251 e. The fourth-order valence-electron chi connectivity index (χ4n) is 1.88. The molecular weight excluding hydrogens is 287 g/mol. The lowest BCUT2D eigenvalue weighted by Gasteiger charge is -2.08. The van der Waals surface area contributed by atoms with E-state index >= 15 is 0 Å². The zero-order valence-corrected chi connectivity index (χ0v) is 12.4. The van der Waals surface area contributed by atoms with Crippen molar-refractivity contribution in [3.8, 4) is 11.6 Å². The van der Waals surface area contributed by atoms with E-state index in [1.807, 2.05) is 6.92 Å². The Morgan fingerprint density at radius 1 is 1.32 bits per heavy atom. The van der Waals surface area contributed by atoms with Gasteiger partial charge in [0.15, 0.2) is 11.6 Å². The van der Waals surface area contributed by atoms with Crippen molar-refractivity contribution in [1.82, 2.24) is 10.3 Å². The van der Waals surface area contributed by atoms with Gasteiger partial charge in [-0.2, -0.15) is 0 Å². The van der Waals surface area contributed by atoms with Gasteiger partial charge in [0.1, 0.15) is 0 Å². The Balaban J connectivity index is 2.00. The average Bonchev–Trinajstić information content (AvgIpc) is 2.53. The number of amides is 1. The summed E-state index contributed by atoms with van der Waals surface area (Å²) in [5.41, 5.74) is 1.08.